The first-order valence-electron chi connectivity index (χ1n) is 11.5. The Labute approximate surface area is 189 Å². The summed E-state index contributed by atoms with van der Waals surface area (Å²) < 4.78 is 20.7. The number of nitrogens with zero attached hydrogens (tertiary/aromatic N) is 3. The van der Waals surface area contributed by atoms with Gasteiger partial charge in [-0.05, 0) is 76.5 Å². The monoisotopic (exact) mass is 440 g/mol. The van der Waals surface area contributed by atoms with E-state index in [-0.39, 0.29) is 5.82 Å². The summed E-state index contributed by atoms with van der Waals surface area (Å²) in [6.45, 7) is 8.49. The molecule has 0 bridgehead atoms. The van der Waals surface area contributed by atoms with Crippen LogP contribution in [0.5, 0.6) is 5.75 Å². The van der Waals surface area contributed by atoms with Crippen molar-refractivity contribution in [3.05, 3.63) is 60.0 Å². The molecule has 0 radical (unpaired) electrons. The first kappa shape index (κ1) is 22.7. The predicted octanol–water partition coefficient (Wildman–Crippen LogP) is 4.71. The van der Waals surface area contributed by atoms with Crippen LogP contribution >= 0.6 is 0 Å². The van der Waals surface area contributed by atoms with Crippen LogP contribution in [0.3, 0.4) is 0 Å². The molecule has 1 aromatic heterocycles. The summed E-state index contributed by atoms with van der Waals surface area (Å²) in [7, 11) is 0. The number of aromatic nitrogens is 2. The van der Waals surface area contributed by atoms with Crippen LogP contribution in [0, 0.1) is 5.82 Å². The van der Waals surface area contributed by atoms with E-state index in [0.717, 1.165) is 61.2 Å². The van der Waals surface area contributed by atoms with E-state index in [1.54, 1.807) is 12.1 Å². The zero-order chi connectivity index (χ0) is 22.3. The number of piperidine rings is 1. The number of hydroxylamine groups is 1. The maximum Gasteiger partial charge on any atom is 0.123 e. The number of likely N-dealkylation sites (tertiary alicyclic amines) is 1. The van der Waals surface area contributed by atoms with Gasteiger partial charge < -0.3 is 9.64 Å². The molecule has 0 spiro atoms. The van der Waals surface area contributed by atoms with Gasteiger partial charge in [-0.1, -0.05) is 18.2 Å². The zero-order valence-corrected chi connectivity index (χ0v) is 19.0. The third-order valence-corrected chi connectivity index (χ3v) is 5.93. The highest BCUT2D eigenvalue weighted by atomic mass is 19.1. The molecule has 1 aliphatic heterocycles. The van der Waals surface area contributed by atoms with Crippen molar-refractivity contribution >= 4 is 10.9 Å². The third-order valence-electron chi connectivity index (χ3n) is 5.93. The summed E-state index contributed by atoms with van der Waals surface area (Å²) in [5.74, 6) is 0.480. The van der Waals surface area contributed by atoms with Crippen molar-refractivity contribution in [3.63, 3.8) is 0 Å². The minimum atomic E-state index is -0.239. The van der Waals surface area contributed by atoms with Crippen molar-refractivity contribution in [1.82, 2.24) is 20.2 Å². The molecule has 2 heterocycles. The van der Waals surface area contributed by atoms with Crippen LogP contribution in [-0.4, -0.2) is 47.0 Å². The highest BCUT2D eigenvalue weighted by Gasteiger charge is 2.19. The van der Waals surface area contributed by atoms with E-state index < -0.39 is 0 Å². The van der Waals surface area contributed by atoms with Crippen LogP contribution in [0.25, 0.3) is 10.9 Å². The van der Waals surface area contributed by atoms with Crippen LogP contribution < -0.4 is 10.2 Å². The average molecular weight is 441 g/mol. The fraction of sp³-hybridized carbons (Fsp3) is 0.480. The Morgan fingerprint density at radius 1 is 1.09 bits per heavy atom. The Hall–Kier alpha value is -2.48. The highest BCUT2D eigenvalue weighted by molar-refractivity contribution is 5.81. The Balaban J connectivity index is 1.14. The Morgan fingerprint density at radius 3 is 2.59 bits per heavy atom. The molecule has 0 unspecified atom stereocenters. The second kappa shape index (κ2) is 10.9. The van der Waals surface area contributed by atoms with E-state index in [2.05, 4.69) is 47.1 Å². The Bertz CT molecular complexity index is 981. The molecule has 1 aliphatic rings. The second-order valence-electron chi connectivity index (χ2n) is 8.68. The van der Waals surface area contributed by atoms with Crippen molar-refractivity contribution < 1.29 is 14.0 Å². The summed E-state index contributed by atoms with van der Waals surface area (Å²) in [6, 6.07) is 15.2. The molecule has 6 nitrogen and oxygen atoms in total. The van der Waals surface area contributed by atoms with Gasteiger partial charge in [0.25, 0.3) is 0 Å². The summed E-state index contributed by atoms with van der Waals surface area (Å²) in [4.78, 5) is 8.32. The average Bonchev–Trinajstić information content (AvgIpc) is 3.18. The van der Waals surface area contributed by atoms with Crippen LogP contribution in [0.1, 0.15) is 44.8 Å². The van der Waals surface area contributed by atoms with Gasteiger partial charge in [-0.3, -0.25) is 9.52 Å². The quantitative estimate of drug-likeness (QED) is 0.365. The number of hydrogen-bond donors (Lipinski definition) is 1. The fourth-order valence-corrected chi connectivity index (χ4v) is 4.17. The van der Waals surface area contributed by atoms with Gasteiger partial charge in [0.15, 0.2) is 0 Å². The van der Waals surface area contributed by atoms with Crippen molar-refractivity contribution in [2.75, 3.05) is 26.2 Å². The van der Waals surface area contributed by atoms with E-state index in [0.29, 0.717) is 25.3 Å². The molecule has 2 aromatic carbocycles. The van der Waals surface area contributed by atoms with Gasteiger partial charge in [0.1, 0.15) is 18.2 Å². The molecule has 0 atom stereocenters. The molecule has 1 fully saturated rings. The number of halogens is 1. The number of nitrogens with one attached hydrogen (secondary N) is 1. The van der Waals surface area contributed by atoms with E-state index in [9.17, 15) is 4.39 Å². The largest absolute Gasteiger partial charge is 0.494 e. The van der Waals surface area contributed by atoms with Crippen LogP contribution in [0.4, 0.5) is 4.39 Å². The molecule has 4 rings (SSSR count). The van der Waals surface area contributed by atoms with Crippen molar-refractivity contribution in [1.29, 1.82) is 0 Å². The van der Waals surface area contributed by atoms with Gasteiger partial charge >= 0.3 is 0 Å². The minimum absolute atomic E-state index is 0.239. The normalized spacial score (nSPS) is 15.6. The van der Waals surface area contributed by atoms with Crippen LogP contribution in [-0.2, 0) is 11.4 Å². The van der Waals surface area contributed by atoms with Gasteiger partial charge in [0.05, 0.1) is 17.8 Å². The van der Waals surface area contributed by atoms with E-state index in [1.807, 2.05) is 6.07 Å². The maximum atomic E-state index is 12.9. The van der Waals surface area contributed by atoms with Gasteiger partial charge in [0.2, 0.25) is 0 Å². The molecule has 172 valence electrons. The Kier molecular flexibility index (Phi) is 7.73. The first-order chi connectivity index (χ1) is 15.6. The summed E-state index contributed by atoms with van der Waals surface area (Å²) >= 11 is 0. The molecule has 0 amide bonds. The molecular formula is C25H33FN4O2. The van der Waals surface area contributed by atoms with Gasteiger partial charge in [0, 0.05) is 24.0 Å². The zero-order valence-electron chi connectivity index (χ0n) is 19.0. The highest BCUT2D eigenvalue weighted by Crippen LogP contribution is 2.22. The van der Waals surface area contributed by atoms with Gasteiger partial charge in [-0.15, -0.1) is 0 Å². The number of para-hydroxylation sites is 1. The molecule has 3 aromatic rings. The lowest BCUT2D eigenvalue weighted by molar-refractivity contribution is -0.0131. The number of rotatable bonds is 10. The van der Waals surface area contributed by atoms with Crippen molar-refractivity contribution in [2.45, 2.75) is 51.8 Å². The predicted molar refractivity (Wildman–Crippen MR) is 124 cm³/mol. The van der Waals surface area contributed by atoms with E-state index in [4.69, 9.17) is 14.7 Å². The molecule has 7 heteroatoms. The second-order valence-corrected chi connectivity index (χ2v) is 8.68. The lowest BCUT2D eigenvalue weighted by atomic mass is 10.1. The van der Waals surface area contributed by atoms with E-state index >= 15 is 0 Å². The molecule has 0 aliphatic carbocycles. The molecule has 1 saturated heterocycles. The Morgan fingerprint density at radius 2 is 1.84 bits per heavy atom. The smallest absolute Gasteiger partial charge is 0.123 e. The fourth-order valence-electron chi connectivity index (χ4n) is 4.17. The number of ether oxygens (including phenoxy) is 1. The standard InChI is InChI=1S/C25H33FN4O2/c1-19(2)30-25-7-4-3-6-23(25)24(27-30)18-32-28-21-12-15-29(16-13-21)14-5-17-31-22-10-8-20(26)9-11-22/h3-4,6-11,19,21,28H,5,12-18H2,1-2H3. The first-order valence-corrected chi connectivity index (χ1v) is 11.5. The maximum absolute atomic E-state index is 12.9. The summed E-state index contributed by atoms with van der Waals surface area (Å²) in [5, 5.41) is 5.92. The third kappa shape index (κ3) is 5.85. The lowest BCUT2D eigenvalue weighted by Gasteiger charge is -2.32. The van der Waals surface area contributed by atoms with Crippen molar-refractivity contribution in [3.8, 4) is 5.75 Å². The SMILES string of the molecule is CC(C)n1nc(CONC2CCN(CCCOc3ccc(F)cc3)CC2)c2ccccc21. The molecule has 32 heavy (non-hydrogen) atoms. The van der Waals surface area contributed by atoms with Crippen molar-refractivity contribution in [2.24, 2.45) is 0 Å². The van der Waals surface area contributed by atoms with E-state index in [1.165, 1.54) is 12.1 Å². The molecule has 0 saturated carbocycles. The molecule has 1 N–H and O–H groups in total. The summed E-state index contributed by atoms with van der Waals surface area (Å²) in [6.07, 6.45) is 3.07. The lowest BCUT2D eigenvalue weighted by Crippen LogP contribution is -2.42. The minimum Gasteiger partial charge on any atom is -0.494 e. The number of benzene rings is 2. The summed E-state index contributed by atoms with van der Waals surface area (Å²) in [5.41, 5.74) is 5.38. The van der Waals surface area contributed by atoms with Crippen LogP contribution in [0.2, 0.25) is 0 Å². The van der Waals surface area contributed by atoms with Crippen LogP contribution in [0.15, 0.2) is 48.5 Å². The molecular weight excluding hydrogens is 407 g/mol. The number of hydrogen-bond acceptors (Lipinski definition) is 5. The van der Waals surface area contributed by atoms with Gasteiger partial charge in [-0.25, -0.2) is 4.39 Å². The topological polar surface area (TPSA) is 51.5 Å². The number of fused-ring (bicyclic) bond motifs is 1. The van der Waals surface area contributed by atoms with Gasteiger partial charge in [-0.2, -0.15) is 10.6 Å².